The molecule has 2 heterocycles. The molecule has 1 aromatic heterocycles. The summed E-state index contributed by atoms with van der Waals surface area (Å²) in [5.41, 5.74) is 0.647. The summed E-state index contributed by atoms with van der Waals surface area (Å²) in [6.07, 6.45) is 2.50. The van der Waals surface area contributed by atoms with E-state index < -0.39 is 6.09 Å². The van der Waals surface area contributed by atoms with Gasteiger partial charge in [0.15, 0.2) is 0 Å². The fraction of sp³-hybridized carbons (Fsp3) is 0.250. The van der Waals surface area contributed by atoms with Gasteiger partial charge >= 0.3 is 6.09 Å². The van der Waals surface area contributed by atoms with Gasteiger partial charge in [-0.1, -0.05) is 23.2 Å². The molecule has 0 saturated carbocycles. The third-order valence-electron chi connectivity index (χ3n) is 1.91. The summed E-state index contributed by atoms with van der Waals surface area (Å²) in [7, 11) is 0. The van der Waals surface area contributed by atoms with Crippen LogP contribution in [-0.4, -0.2) is 17.7 Å². The zero-order valence-corrected chi connectivity index (χ0v) is 8.47. The number of halogens is 2. The molecule has 1 aromatic rings. The molecule has 0 aliphatic carbocycles. The van der Waals surface area contributed by atoms with E-state index in [2.05, 4.69) is 10.3 Å². The monoisotopic (exact) mass is 232 g/mol. The first-order chi connectivity index (χ1) is 6.68. The maximum absolute atomic E-state index is 10.8. The third-order valence-corrected chi connectivity index (χ3v) is 2.51. The molecule has 0 spiro atoms. The number of pyridine rings is 1. The number of nitrogens with one attached hydrogen (secondary N) is 1. The number of nitrogens with zero attached hydrogens (tertiary/aromatic N) is 1. The average Bonchev–Trinajstić information content (AvgIpc) is 2.51. The summed E-state index contributed by atoms with van der Waals surface area (Å²) >= 11 is 11.8. The highest BCUT2D eigenvalue weighted by molar-refractivity contribution is 6.35. The lowest BCUT2D eigenvalue weighted by Gasteiger charge is -2.10. The van der Waals surface area contributed by atoms with Crippen LogP contribution >= 0.6 is 23.2 Å². The molecule has 1 aliphatic rings. The molecule has 1 amide bonds. The number of carbonyl (C=O) groups excluding carboxylic acids is 1. The van der Waals surface area contributed by atoms with Crippen LogP contribution in [0.2, 0.25) is 10.0 Å². The lowest BCUT2D eigenvalue weighted by atomic mass is 10.1. The van der Waals surface area contributed by atoms with Crippen molar-refractivity contribution in [2.24, 2.45) is 0 Å². The van der Waals surface area contributed by atoms with E-state index in [0.717, 1.165) is 0 Å². The Morgan fingerprint density at radius 3 is 2.57 bits per heavy atom. The van der Waals surface area contributed by atoms with E-state index in [9.17, 15) is 4.79 Å². The zero-order valence-electron chi connectivity index (χ0n) is 6.96. The minimum atomic E-state index is -0.459. The molecule has 2 rings (SSSR count). The summed E-state index contributed by atoms with van der Waals surface area (Å²) in [6, 6.07) is -0.287. The molecule has 0 bridgehead atoms. The van der Waals surface area contributed by atoms with Crippen molar-refractivity contribution in [2.75, 3.05) is 6.61 Å². The van der Waals surface area contributed by atoms with Crippen LogP contribution in [0.5, 0.6) is 0 Å². The van der Waals surface area contributed by atoms with Gasteiger partial charge in [0, 0.05) is 18.0 Å². The second kappa shape index (κ2) is 3.63. The number of aromatic nitrogens is 1. The number of hydrogen-bond acceptors (Lipinski definition) is 3. The summed E-state index contributed by atoms with van der Waals surface area (Å²) in [4.78, 5) is 14.6. The maximum atomic E-state index is 10.8. The molecule has 74 valence electrons. The topological polar surface area (TPSA) is 51.2 Å². The van der Waals surface area contributed by atoms with Crippen molar-refractivity contribution in [3.8, 4) is 0 Å². The van der Waals surface area contributed by atoms with E-state index in [1.807, 2.05) is 0 Å². The summed E-state index contributed by atoms with van der Waals surface area (Å²) < 4.78 is 4.74. The van der Waals surface area contributed by atoms with E-state index in [1.165, 1.54) is 12.4 Å². The molecule has 0 radical (unpaired) electrons. The van der Waals surface area contributed by atoms with Gasteiger partial charge < -0.3 is 10.1 Å². The first-order valence-corrected chi connectivity index (χ1v) is 4.66. The van der Waals surface area contributed by atoms with E-state index >= 15 is 0 Å². The highest BCUT2D eigenvalue weighted by Crippen LogP contribution is 2.31. The Bertz CT molecular complexity index is 363. The van der Waals surface area contributed by atoms with Crippen molar-refractivity contribution in [3.63, 3.8) is 0 Å². The van der Waals surface area contributed by atoms with Gasteiger partial charge in [0.1, 0.15) is 6.61 Å². The number of rotatable bonds is 1. The van der Waals surface area contributed by atoms with Crippen molar-refractivity contribution < 1.29 is 9.53 Å². The minimum Gasteiger partial charge on any atom is -0.447 e. The Hall–Kier alpha value is -1.00. The predicted octanol–water partition coefficient (Wildman–Crippen LogP) is 2.17. The lowest BCUT2D eigenvalue weighted by molar-refractivity contribution is 0.177. The van der Waals surface area contributed by atoms with Crippen LogP contribution in [-0.2, 0) is 4.74 Å². The first kappa shape index (κ1) is 9.55. The zero-order chi connectivity index (χ0) is 10.1. The van der Waals surface area contributed by atoms with E-state index in [0.29, 0.717) is 15.6 Å². The number of hydrogen-bond donors (Lipinski definition) is 1. The molecule has 14 heavy (non-hydrogen) atoms. The SMILES string of the molecule is O=C1N[C@@H](c2c(Cl)cncc2Cl)CO1. The van der Waals surface area contributed by atoms with Gasteiger partial charge in [-0.2, -0.15) is 0 Å². The largest absolute Gasteiger partial charge is 0.447 e. The first-order valence-electron chi connectivity index (χ1n) is 3.90. The van der Waals surface area contributed by atoms with Crippen LogP contribution in [0, 0.1) is 0 Å². The second-order valence-corrected chi connectivity index (χ2v) is 3.63. The average molecular weight is 233 g/mol. The van der Waals surface area contributed by atoms with E-state index in [1.54, 1.807) is 0 Å². The summed E-state index contributed by atoms with van der Waals surface area (Å²) in [5, 5.41) is 3.44. The fourth-order valence-corrected chi connectivity index (χ4v) is 1.92. The van der Waals surface area contributed by atoms with Gasteiger partial charge in [-0.3, -0.25) is 4.98 Å². The molecule has 1 N–H and O–H groups in total. The van der Waals surface area contributed by atoms with Crippen LogP contribution in [0.25, 0.3) is 0 Å². The van der Waals surface area contributed by atoms with Gasteiger partial charge in [-0.15, -0.1) is 0 Å². The standard InChI is InChI=1S/C8H6Cl2N2O2/c9-4-1-11-2-5(10)7(4)6-3-14-8(13)12-6/h1-2,6H,3H2,(H,12,13)/t6-/m1/s1. The van der Waals surface area contributed by atoms with Crippen molar-refractivity contribution in [1.82, 2.24) is 10.3 Å². The molecule has 0 unspecified atom stereocenters. The summed E-state index contributed by atoms with van der Waals surface area (Å²) in [5.74, 6) is 0. The smallest absolute Gasteiger partial charge is 0.407 e. The summed E-state index contributed by atoms with van der Waals surface area (Å²) in [6.45, 7) is 0.238. The Kier molecular flexibility index (Phi) is 2.48. The molecular weight excluding hydrogens is 227 g/mol. The van der Waals surface area contributed by atoms with Crippen molar-refractivity contribution in [1.29, 1.82) is 0 Å². The molecule has 4 nitrogen and oxygen atoms in total. The van der Waals surface area contributed by atoms with Crippen LogP contribution < -0.4 is 5.32 Å². The van der Waals surface area contributed by atoms with Gasteiger partial charge in [0.25, 0.3) is 0 Å². The van der Waals surface area contributed by atoms with Gasteiger partial charge in [0.05, 0.1) is 16.1 Å². The molecule has 6 heteroatoms. The van der Waals surface area contributed by atoms with Crippen LogP contribution in [0.15, 0.2) is 12.4 Å². The van der Waals surface area contributed by atoms with Gasteiger partial charge in [-0.05, 0) is 0 Å². The molecule has 1 aliphatic heterocycles. The molecule has 1 fully saturated rings. The Labute approximate surface area is 90.2 Å². The third kappa shape index (κ3) is 1.63. The van der Waals surface area contributed by atoms with Crippen molar-refractivity contribution >= 4 is 29.3 Å². The predicted molar refractivity (Wildman–Crippen MR) is 51.5 cm³/mol. The highest BCUT2D eigenvalue weighted by Gasteiger charge is 2.27. The highest BCUT2D eigenvalue weighted by atomic mass is 35.5. The number of ether oxygens (including phenoxy) is 1. The lowest BCUT2D eigenvalue weighted by Crippen LogP contribution is -2.19. The normalized spacial score (nSPS) is 20.4. The quantitative estimate of drug-likeness (QED) is 0.808. The molecule has 1 atom stereocenters. The minimum absolute atomic E-state index is 0.238. The molecule has 1 saturated heterocycles. The van der Waals surface area contributed by atoms with Crippen molar-refractivity contribution in [2.45, 2.75) is 6.04 Å². The number of alkyl carbamates (subject to hydrolysis) is 1. The second-order valence-electron chi connectivity index (χ2n) is 2.81. The number of cyclic esters (lactones) is 1. The van der Waals surface area contributed by atoms with E-state index in [-0.39, 0.29) is 12.6 Å². The van der Waals surface area contributed by atoms with Crippen LogP contribution in [0.4, 0.5) is 4.79 Å². The van der Waals surface area contributed by atoms with E-state index in [4.69, 9.17) is 27.9 Å². The fourth-order valence-electron chi connectivity index (χ4n) is 1.29. The van der Waals surface area contributed by atoms with Crippen LogP contribution in [0.1, 0.15) is 11.6 Å². The Morgan fingerprint density at radius 1 is 1.43 bits per heavy atom. The molecule has 0 aromatic carbocycles. The Morgan fingerprint density at radius 2 is 2.07 bits per heavy atom. The van der Waals surface area contributed by atoms with Gasteiger partial charge in [-0.25, -0.2) is 4.79 Å². The maximum Gasteiger partial charge on any atom is 0.407 e. The number of carbonyl (C=O) groups is 1. The Balaban J connectivity index is 2.36. The number of amides is 1. The molecular formula is C8H6Cl2N2O2. The van der Waals surface area contributed by atoms with Gasteiger partial charge in [0.2, 0.25) is 0 Å². The van der Waals surface area contributed by atoms with Crippen LogP contribution in [0.3, 0.4) is 0 Å². The van der Waals surface area contributed by atoms with Crippen molar-refractivity contribution in [3.05, 3.63) is 28.0 Å².